The molecule has 0 saturated heterocycles. The first-order chi connectivity index (χ1) is 9.25. The summed E-state index contributed by atoms with van der Waals surface area (Å²) in [6, 6.07) is 5.79. The first-order valence-electron chi connectivity index (χ1n) is 6.50. The zero-order valence-electron chi connectivity index (χ0n) is 11.9. The largest absolute Gasteiger partial charge is 0.481 e. The van der Waals surface area contributed by atoms with Gasteiger partial charge in [-0.05, 0) is 30.5 Å². The van der Waals surface area contributed by atoms with E-state index in [0.717, 1.165) is 5.56 Å². The fourth-order valence-corrected chi connectivity index (χ4v) is 1.73. The number of rotatable bonds is 6. The molecule has 0 aliphatic heterocycles. The van der Waals surface area contributed by atoms with E-state index in [1.54, 1.807) is 32.9 Å². The molecule has 0 spiro atoms. The second-order valence-electron chi connectivity index (χ2n) is 5.46. The van der Waals surface area contributed by atoms with Gasteiger partial charge in [0.05, 0.1) is 5.41 Å². The molecule has 0 aliphatic carbocycles. The minimum Gasteiger partial charge on any atom is -0.481 e. The molecule has 1 unspecified atom stereocenters. The monoisotopic (exact) mass is 281 g/mol. The van der Waals surface area contributed by atoms with Gasteiger partial charge in [-0.1, -0.05) is 26.0 Å². The molecule has 1 rings (SSSR count). The standard InChI is InChI=1S/C15H20FNO3/c1-10(2)15(3,14(19)20)8-13(18)17-9-11-4-6-12(16)7-5-11/h4-7,10H,8-9H2,1-3H3,(H,17,18)(H,19,20). The van der Waals surface area contributed by atoms with Crippen LogP contribution in [-0.2, 0) is 16.1 Å². The van der Waals surface area contributed by atoms with Crippen LogP contribution in [0.2, 0.25) is 0 Å². The summed E-state index contributed by atoms with van der Waals surface area (Å²) < 4.78 is 12.7. The average Bonchev–Trinajstić information content (AvgIpc) is 2.37. The lowest BCUT2D eigenvalue weighted by Gasteiger charge is -2.28. The fourth-order valence-electron chi connectivity index (χ4n) is 1.73. The minimum absolute atomic E-state index is 0.0821. The smallest absolute Gasteiger partial charge is 0.310 e. The molecule has 20 heavy (non-hydrogen) atoms. The minimum atomic E-state index is -1.09. The lowest BCUT2D eigenvalue weighted by atomic mass is 9.76. The van der Waals surface area contributed by atoms with Gasteiger partial charge in [0.1, 0.15) is 5.82 Å². The number of halogens is 1. The van der Waals surface area contributed by atoms with Gasteiger partial charge in [-0.3, -0.25) is 9.59 Å². The van der Waals surface area contributed by atoms with E-state index in [4.69, 9.17) is 0 Å². The molecule has 0 bridgehead atoms. The van der Waals surface area contributed by atoms with Gasteiger partial charge in [0.25, 0.3) is 0 Å². The van der Waals surface area contributed by atoms with Gasteiger partial charge in [0.2, 0.25) is 5.91 Å². The lowest BCUT2D eigenvalue weighted by Crippen LogP contribution is -2.39. The van der Waals surface area contributed by atoms with Crippen LogP contribution in [0.4, 0.5) is 4.39 Å². The summed E-state index contributed by atoms with van der Waals surface area (Å²) in [5.41, 5.74) is -0.325. The van der Waals surface area contributed by atoms with Crippen LogP contribution >= 0.6 is 0 Å². The Bertz CT molecular complexity index is 484. The Morgan fingerprint density at radius 3 is 2.30 bits per heavy atom. The van der Waals surface area contributed by atoms with E-state index < -0.39 is 11.4 Å². The molecule has 0 aliphatic rings. The number of aliphatic carboxylic acids is 1. The summed E-state index contributed by atoms with van der Waals surface area (Å²) in [6.07, 6.45) is -0.0821. The van der Waals surface area contributed by atoms with Crippen molar-refractivity contribution in [3.05, 3.63) is 35.6 Å². The number of benzene rings is 1. The van der Waals surface area contributed by atoms with Crippen LogP contribution in [-0.4, -0.2) is 17.0 Å². The highest BCUT2D eigenvalue weighted by Gasteiger charge is 2.38. The SMILES string of the molecule is CC(C)C(C)(CC(=O)NCc1ccc(F)cc1)C(=O)O. The second-order valence-corrected chi connectivity index (χ2v) is 5.46. The Morgan fingerprint density at radius 2 is 1.85 bits per heavy atom. The quantitative estimate of drug-likeness (QED) is 0.842. The normalized spacial score (nSPS) is 13.8. The Balaban J connectivity index is 2.59. The first kappa shape index (κ1) is 16.1. The maximum absolute atomic E-state index is 12.7. The molecule has 0 heterocycles. The lowest BCUT2D eigenvalue weighted by molar-refractivity contribution is -0.153. The molecule has 1 aromatic rings. The van der Waals surface area contributed by atoms with Crippen LogP contribution in [0.5, 0.6) is 0 Å². The van der Waals surface area contributed by atoms with Crippen molar-refractivity contribution in [2.75, 3.05) is 0 Å². The molecule has 4 nitrogen and oxygen atoms in total. The molecule has 0 saturated carbocycles. The van der Waals surface area contributed by atoms with Crippen molar-refractivity contribution < 1.29 is 19.1 Å². The summed E-state index contributed by atoms with van der Waals surface area (Å²) in [5.74, 6) is -1.80. The van der Waals surface area contributed by atoms with Crippen molar-refractivity contribution in [3.63, 3.8) is 0 Å². The molecule has 1 aromatic carbocycles. The van der Waals surface area contributed by atoms with Crippen molar-refractivity contribution in [2.45, 2.75) is 33.7 Å². The number of hydrogen-bond acceptors (Lipinski definition) is 2. The zero-order valence-corrected chi connectivity index (χ0v) is 11.9. The molecule has 0 fully saturated rings. The maximum atomic E-state index is 12.7. The van der Waals surface area contributed by atoms with Crippen molar-refractivity contribution in [2.24, 2.45) is 11.3 Å². The van der Waals surface area contributed by atoms with Gasteiger partial charge in [0.15, 0.2) is 0 Å². The average molecular weight is 281 g/mol. The number of carboxylic acid groups (broad SMARTS) is 1. The van der Waals surface area contributed by atoms with Gasteiger partial charge >= 0.3 is 5.97 Å². The summed E-state index contributed by atoms with van der Waals surface area (Å²) in [7, 11) is 0. The highest BCUT2D eigenvalue weighted by atomic mass is 19.1. The van der Waals surface area contributed by atoms with Crippen molar-refractivity contribution in [1.29, 1.82) is 0 Å². The Labute approximate surface area is 118 Å². The third-order valence-electron chi connectivity index (χ3n) is 3.69. The summed E-state index contributed by atoms with van der Waals surface area (Å²) in [6.45, 7) is 5.38. The second kappa shape index (κ2) is 6.50. The molecule has 5 heteroatoms. The van der Waals surface area contributed by atoms with E-state index in [1.165, 1.54) is 12.1 Å². The van der Waals surface area contributed by atoms with Gasteiger partial charge in [-0.15, -0.1) is 0 Å². The highest BCUT2D eigenvalue weighted by Crippen LogP contribution is 2.31. The zero-order chi connectivity index (χ0) is 15.3. The number of nitrogens with one attached hydrogen (secondary N) is 1. The molecule has 0 radical (unpaired) electrons. The van der Waals surface area contributed by atoms with E-state index in [0.29, 0.717) is 0 Å². The fraction of sp³-hybridized carbons (Fsp3) is 0.467. The summed E-state index contributed by atoms with van der Waals surface area (Å²) >= 11 is 0. The van der Waals surface area contributed by atoms with Crippen molar-refractivity contribution >= 4 is 11.9 Å². The Hall–Kier alpha value is -1.91. The molecule has 1 amide bonds. The van der Waals surface area contributed by atoms with Crippen LogP contribution in [0, 0.1) is 17.2 Å². The predicted molar refractivity (Wildman–Crippen MR) is 73.4 cm³/mol. The first-order valence-corrected chi connectivity index (χ1v) is 6.50. The van der Waals surface area contributed by atoms with E-state index in [1.807, 2.05) is 0 Å². The maximum Gasteiger partial charge on any atom is 0.310 e. The number of amides is 1. The van der Waals surface area contributed by atoms with Crippen LogP contribution in [0.25, 0.3) is 0 Å². The van der Waals surface area contributed by atoms with Gasteiger partial charge in [-0.25, -0.2) is 4.39 Å². The number of carbonyl (C=O) groups is 2. The molecule has 2 N–H and O–H groups in total. The van der Waals surface area contributed by atoms with Crippen molar-refractivity contribution in [1.82, 2.24) is 5.32 Å². The molecule has 110 valence electrons. The van der Waals surface area contributed by atoms with E-state index in [9.17, 15) is 19.1 Å². The third kappa shape index (κ3) is 4.05. The van der Waals surface area contributed by atoms with Crippen LogP contribution in [0.15, 0.2) is 24.3 Å². The Kier molecular flexibility index (Phi) is 5.25. The van der Waals surface area contributed by atoms with E-state index in [2.05, 4.69) is 5.32 Å². The summed E-state index contributed by atoms with van der Waals surface area (Å²) in [5, 5.41) is 11.9. The molecule has 0 aromatic heterocycles. The number of carboxylic acids is 1. The van der Waals surface area contributed by atoms with Crippen LogP contribution < -0.4 is 5.32 Å². The van der Waals surface area contributed by atoms with Crippen LogP contribution in [0.1, 0.15) is 32.8 Å². The molecular formula is C15H20FNO3. The third-order valence-corrected chi connectivity index (χ3v) is 3.69. The molecule has 1 atom stereocenters. The van der Waals surface area contributed by atoms with Crippen LogP contribution in [0.3, 0.4) is 0 Å². The van der Waals surface area contributed by atoms with Gasteiger partial charge in [-0.2, -0.15) is 0 Å². The Morgan fingerprint density at radius 1 is 1.30 bits per heavy atom. The van der Waals surface area contributed by atoms with Gasteiger partial charge in [0, 0.05) is 13.0 Å². The number of carbonyl (C=O) groups excluding carboxylic acids is 1. The van der Waals surface area contributed by atoms with E-state index >= 15 is 0 Å². The molecular weight excluding hydrogens is 261 g/mol. The van der Waals surface area contributed by atoms with Gasteiger partial charge < -0.3 is 10.4 Å². The highest BCUT2D eigenvalue weighted by molar-refractivity contribution is 5.84. The van der Waals surface area contributed by atoms with E-state index in [-0.39, 0.29) is 30.6 Å². The van der Waals surface area contributed by atoms with Crippen molar-refractivity contribution in [3.8, 4) is 0 Å². The number of hydrogen-bond donors (Lipinski definition) is 2. The topological polar surface area (TPSA) is 66.4 Å². The summed E-state index contributed by atoms with van der Waals surface area (Å²) in [4.78, 5) is 23.1. The predicted octanol–water partition coefficient (Wildman–Crippen LogP) is 2.58.